The summed E-state index contributed by atoms with van der Waals surface area (Å²) < 4.78 is -0.693. The first-order valence-corrected chi connectivity index (χ1v) is 3.71. The summed E-state index contributed by atoms with van der Waals surface area (Å²) in [6.45, 7) is 3.90. The van der Waals surface area contributed by atoms with Crippen LogP contribution in [-0.4, -0.2) is 16.0 Å². The molecule has 0 bridgehead atoms. The number of alkyl halides is 2. The van der Waals surface area contributed by atoms with Gasteiger partial charge in [0.05, 0.1) is 6.61 Å². The van der Waals surface area contributed by atoms with Gasteiger partial charge in [0.2, 0.25) is 0 Å². The van der Waals surface area contributed by atoms with Crippen LogP contribution in [0.1, 0.15) is 13.8 Å². The molecule has 1 N–H and O–H groups in total. The maximum atomic E-state index is 8.80. The summed E-state index contributed by atoms with van der Waals surface area (Å²) in [7, 11) is 0. The second-order valence-corrected chi connectivity index (χ2v) is 4.31. The fourth-order valence-electron chi connectivity index (χ4n) is 1.05. The second-order valence-electron chi connectivity index (χ2n) is 2.92. The predicted octanol–water partition coefficient (Wildman–Crippen LogP) is 1.81. The molecule has 1 nitrogen and oxygen atoms in total. The van der Waals surface area contributed by atoms with Gasteiger partial charge in [0.1, 0.15) is 4.33 Å². The predicted molar refractivity (Wildman–Crippen MR) is 38.8 cm³/mol. The van der Waals surface area contributed by atoms with Crippen molar-refractivity contribution in [1.29, 1.82) is 0 Å². The van der Waals surface area contributed by atoms with E-state index in [2.05, 4.69) is 0 Å². The van der Waals surface area contributed by atoms with Crippen molar-refractivity contribution in [2.24, 2.45) is 11.3 Å². The number of rotatable bonds is 1. The Bertz CT molecular complexity index is 135. The first-order chi connectivity index (χ1) is 3.97. The third-order valence-corrected chi connectivity index (χ3v) is 4.02. The minimum Gasteiger partial charge on any atom is -0.396 e. The highest BCUT2D eigenvalue weighted by Crippen LogP contribution is 2.68. The minimum absolute atomic E-state index is 0.0706. The van der Waals surface area contributed by atoms with Gasteiger partial charge < -0.3 is 5.11 Å². The van der Waals surface area contributed by atoms with Crippen molar-refractivity contribution in [3.63, 3.8) is 0 Å². The number of hydrogen-bond acceptors (Lipinski definition) is 1. The molecule has 0 aromatic rings. The zero-order valence-electron chi connectivity index (χ0n) is 5.49. The highest BCUT2D eigenvalue weighted by molar-refractivity contribution is 6.51. The lowest BCUT2D eigenvalue weighted by atomic mass is 10.1. The van der Waals surface area contributed by atoms with Crippen molar-refractivity contribution in [3.05, 3.63) is 0 Å². The van der Waals surface area contributed by atoms with Crippen LogP contribution >= 0.6 is 23.2 Å². The highest BCUT2D eigenvalue weighted by Gasteiger charge is 2.70. The van der Waals surface area contributed by atoms with Gasteiger partial charge in [-0.25, -0.2) is 0 Å². The lowest BCUT2D eigenvalue weighted by Gasteiger charge is -2.04. The molecule has 0 heterocycles. The maximum absolute atomic E-state index is 8.80. The van der Waals surface area contributed by atoms with E-state index < -0.39 is 4.33 Å². The molecule has 0 amide bonds. The van der Waals surface area contributed by atoms with E-state index in [1.165, 1.54) is 0 Å². The molecule has 1 fully saturated rings. The molecule has 0 spiro atoms. The fraction of sp³-hybridized carbons (Fsp3) is 1.00. The summed E-state index contributed by atoms with van der Waals surface area (Å²) >= 11 is 11.6. The molecule has 54 valence electrons. The van der Waals surface area contributed by atoms with Gasteiger partial charge in [-0.3, -0.25) is 0 Å². The van der Waals surface area contributed by atoms with Gasteiger partial charge in [-0.2, -0.15) is 0 Å². The van der Waals surface area contributed by atoms with Crippen molar-refractivity contribution in [1.82, 2.24) is 0 Å². The van der Waals surface area contributed by atoms with Crippen LogP contribution in [0.4, 0.5) is 0 Å². The standard InChI is InChI=1S/C6H10Cl2O/c1-4-5(2,3-9)6(4,7)8/h4,9H,3H2,1-2H3. The molecule has 0 radical (unpaired) electrons. The molecule has 1 rings (SSSR count). The Labute approximate surface area is 65.0 Å². The first kappa shape index (κ1) is 7.64. The molecule has 1 aliphatic rings. The fourth-order valence-corrected chi connectivity index (χ4v) is 1.86. The molecule has 2 unspecified atom stereocenters. The quantitative estimate of drug-likeness (QED) is 0.593. The average molecular weight is 169 g/mol. The first-order valence-electron chi connectivity index (χ1n) is 2.95. The number of aliphatic hydroxyl groups excluding tert-OH is 1. The van der Waals surface area contributed by atoms with Crippen molar-refractivity contribution in [2.75, 3.05) is 6.61 Å². The number of halogens is 2. The number of aliphatic hydroxyl groups is 1. The van der Waals surface area contributed by atoms with Crippen molar-refractivity contribution in [3.8, 4) is 0 Å². The highest BCUT2D eigenvalue weighted by atomic mass is 35.5. The van der Waals surface area contributed by atoms with Gasteiger partial charge in [0, 0.05) is 11.3 Å². The van der Waals surface area contributed by atoms with Crippen LogP contribution in [0.25, 0.3) is 0 Å². The molecule has 2 atom stereocenters. The van der Waals surface area contributed by atoms with Gasteiger partial charge in [0.25, 0.3) is 0 Å². The molecule has 0 aliphatic heterocycles. The van der Waals surface area contributed by atoms with E-state index in [-0.39, 0.29) is 17.9 Å². The Kier molecular flexibility index (Phi) is 1.51. The van der Waals surface area contributed by atoms with Gasteiger partial charge in [-0.1, -0.05) is 13.8 Å². The second kappa shape index (κ2) is 1.77. The van der Waals surface area contributed by atoms with Gasteiger partial charge in [-0.05, 0) is 0 Å². The zero-order chi connectivity index (χ0) is 7.28. The molecule has 0 aromatic heterocycles. The lowest BCUT2D eigenvalue weighted by Crippen LogP contribution is -2.09. The Morgan fingerprint density at radius 1 is 1.56 bits per heavy atom. The third-order valence-electron chi connectivity index (χ3n) is 2.51. The van der Waals surface area contributed by atoms with Crippen LogP contribution in [0, 0.1) is 11.3 Å². The summed E-state index contributed by atoms with van der Waals surface area (Å²) in [5.74, 6) is 0.207. The SMILES string of the molecule is CC1C(Cl)(Cl)C1(C)CO. The Balaban J connectivity index is 2.70. The van der Waals surface area contributed by atoms with Crippen LogP contribution in [-0.2, 0) is 0 Å². The molecule has 0 aromatic carbocycles. The van der Waals surface area contributed by atoms with Crippen LogP contribution in [0.3, 0.4) is 0 Å². The van der Waals surface area contributed by atoms with E-state index in [4.69, 9.17) is 28.3 Å². The van der Waals surface area contributed by atoms with Crippen molar-refractivity contribution < 1.29 is 5.11 Å². The molecule has 0 saturated heterocycles. The zero-order valence-corrected chi connectivity index (χ0v) is 7.00. The molecule has 9 heavy (non-hydrogen) atoms. The van der Waals surface area contributed by atoms with Crippen molar-refractivity contribution >= 4 is 23.2 Å². The molecule has 1 saturated carbocycles. The van der Waals surface area contributed by atoms with E-state index in [0.29, 0.717) is 0 Å². The Morgan fingerprint density at radius 2 is 1.89 bits per heavy atom. The summed E-state index contributed by atoms with van der Waals surface area (Å²) in [5, 5.41) is 8.80. The van der Waals surface area contributed by atoms with Crippen LogP contribution < -0.4 is 0 Å². The van der Waals surface area contributed by atoms with Gasteiger partial charge >= 0.3 is 0 Å². The van der Waals surface area contributed by atoms with Crippen LogP contribution in [0.15, 0.2) is 0 Å². The monoisotopic (exact) mass is 168 g/mol. The Hall–Kier alpha value is 0.540. The topological polar surface area (TPSA) is 20.2 Å². The average Bonchev–Trinajstić information content (AvgIpc) is 2.16. The molecular weight excluding hydrogens is 159 g/mol. The van der Waals surface area contributed by atoms with E-state index in [1.807, 2.05) is 13.8 Å². The van der Waals surface area contributed by atoms with E-state index in [9.17, 15) is 0 Å². The van der Waals surface area contributed by atoms with Gasteiger partial charge in [-0.15, -0.1) is 23.2 Å². The summed E-state index contributed by atoms with van der Waals surface area (Å²) in [5.41, 5.74) is -0.268. The lowest BCUT2D eigenvalue weighted by molar-refractivity contribution is 0.213. The van der Waals surface area contributed by atoms with E-state index in [0.717, 1.165) is 0 Å². The molecule has 1 aliphatic carbocycles. The van der Waals surface area contributed by atoms with E-state index >= 15 is 0 Å². The summed E-state index contributed by atoms with van der Waals surface area (Å²) in [6, 6.07) is 0. The maximum Gasteiger partial charge on any atom is 0.129 e. The number of hydrogen-bond donors (Lipinski definition) is 1. The van der Waals surface area contributed by atoms with E-state index in [1.54, 1.807) is 0 Å². The third kappa shape index (κ3) is 0.719. The molecular formula is C6H10Cl2O. The largest absolute Gasteiger partial charge is 0.396 e. The summed E-state index contributed by atoms with van der Waals surface area (Å²) in [4.78, 5) is 0. The van der Waals surface area contributed by atoms with Crippen molar-refractivity contribution in [2.45, 2.75) is 18.2 Å². The normalized spacial score (nSPS) is 47.0. The summed E-state index contributed by atoms with van der Waals surface area (Å²) in [6.07, 6.45) is 0. The minimum atomic E-state index is -0.693. The molecule has 3 heteroatoms. The Morgan fingerprint density at radius 3 is 1.89 bits per heavy atom. The smallest absolute Gasteiger partial charge is 0.129 e. The van der Waals surface area contributed by atoms with Gasteiger partial charge in [0.15, 0.2) is 0 Å². The van der Waals surface area contributed by atoms with Crippen LogP contribution in [0.2, 0.25) is 0 Å². The van der Waals surface area contributed by atoms with Crippen LogP contribution in [0.5, 0.6) is 0 Å².